The highest BCUT2D eigenvalue weighted by Crippen LogP contribution is 2.17. The van der Waals surface area contributed by atoms with Crippen LogP contribution in [0.15, 0.2) is 18.5 Å². The molecular weight excluding hydrogens is 170 g/mol. The second-order valence-electron chi connectivity index (χ2n) is 2.69. The molecule has 4 heteroatoms. The van der Waals surface area contributed by atoms with Gasteiger partial charge in [-0.05, 0) is 6.07 Å². The minimum Gasteiger partial charge on any atom is -0.306 e. The van der Waals surface area contributed by atoms with Gasteiger partial charge in [0.2, 0.25) is 0 Å². The van der Waals surface area contributed by atoms with Crippen LogP contribution in [-0.2, 0) is 0 Å². The van der Waals surface area contributed by atoms with Crippen molar-refractivity contribution >= 4 is 11.8 Å². The molecule has 1 aromatic rings. The highest BCUT2D eigenvalue weighted by atomic mass is 32.2. The summed E-state index contributed by atoms with van der Waals surface area (Å²) in [5, 5.41) is 3.39. The van der Waals surface area contributed by atoms with Crippen LogP contribution in [0.2, 0.25) is 0 Å². The van der Waals surface area contributed by atoms with E-state index in [0.717, 1.165) is 18.1 Å². The molecule has 64 valence electrons. The maximum Gasteiger partial charge on any atom is 0.145 e. The van der Waals surface area contributed by atoms with E-state index in [1.54, 1.807) is 12.4 Å². The van der Waals surface area contributed by atoms with E-state index in [1.165, 1.54) is 5.75 Å². The Morgan fingerprint density at radius 1 is 1.42 bits per heavy atom. The monoisotopic (exact) mass is 181 g/mol. The van der Waals surface area contributed by atoms with Gasteiger partial charge in [0.25, 0.3) is 0 Å². The summed E-state index contributed by atoms with van der Waals surface area (Å²) >= 11 is 1.96. The van der Waals surface area contributed by atoms with E-state index in [2.05, 4.69) is 15.3 Å². The Hall–Kier alpha value is -0.610. The highest BCUT2D eigenvalue weighted by molar-refractivity contribution is 7.99. The molecule has 1 aromatic heterocycles. The van der Waals surface area contributed by atoms with Crippen LogP contribution >= 0.6 is 11.8 Å². The largest absolute Gasteiger partial charge is 0.306 e. The van der Waals surface area contributed by atoms with Crippen molar-refractivity contribution in [2.24, 2.45) is 0 Å². The lowest BCUT2D eigenvalue weighted by molar-refractivity contribution is 0.564. The molecule has 0 amide bonds. The Kier molecular flexibility index (Phi) is 2.58. The second-order valence-corrected chi connectivity index (χ2v) is 3.84. The van der Waals surface area contributed by atoms with Crippen LogP contribution < -0.4 is 5.32 Å². The van der Waals surface area contributed by atoms with Gasteiger partial charge in [0, 0.05) is 30.4 Å². The van der Waals surface area contributed by atoms with Gasteiger partial charge in [-0.25, -0.2) is 9.97 Å². The molecule has 0 aromatic carbocycles. The number of nitrogens with one attached hydrogen (secondary N) is 1. The predicted molar refractivity (Wildman–Crippen MR) is 50.1 cm³/mol. The lowest BCUT2D eigenvalue weighted by Crippen LogP contribution is -2.31. The third-order valence-electron chi connectivity index (χ3n) is 1.82. The van der Waals surface area contributed by atoms with Gasteiger partial charge in [0.1, 0.15) is 5.82 Å². The van der Waals surface area contributed by atoms with Gasteiger partial charge in [-0.15, -0.1) is 0 Å². The number of aromatic nitrogens is 2. The Morgan fingerprint density at radius 3 is 2.92 bits per heavy atom. The molecule has 1 N–H and O–H groups in total. The molecule has 0 bridgehead atoms. The fourth-order valence-electron chi connectivity index (χ4n) is 1.22. The topological polar surface area (TPSA) is 37.8 Å². The average molecular weight is 181 g/mol. The van der Waals surface area contributed by atoms with Crippen LogP contribution in [0.3, 0.4) is 0 Å². The first-order valence-electron chi connectivity index (χ1n) is 4.05. The average Bonchev–Trinajstić information content (AvgIpc) is 2.21. The van der Waals surface area contributed by atoms with Gasteiger partial charge in [0.05, 0.1) is 6.04 Å². The van der Waals surface area contributed by atoms with E-state index in [4.69, 9.17) is 0 Å². The van der Waals surface area contributed by atoms with Crippen molar-refractivity contribution in [2.75, 3.05) is 18.1 Å². The molecule has 1 fully saturated rings. The van der Waals surface area contributed by atoms with Gasteiger partial charge in [0.15, 0.2) is 0 Å². The van der Waals surface area contributed by atoms with Crippen LogP contribution in [0.5, 0.6) is 0 Å². The normalized spacial score (nSPS) is 23.8. The summed E-state index contributed by atoms with van der Waals surface area (Å²) in [5.41, 5.74) is 0. The maximum atomic E-state index is 4.22. The van der Waals surface area contributed by atoms with Gasteiger partial charge >= 0.3 is 0 Å². The van der Waals surface area contributed by atoms with Gasteiger partial charge in [-0.3, -0.25) is 0 Å². The molecule has 1 saturated heterocycles. The smallest absolute Gasteiger partial charge is 0.145 e. The van der Waals surface area contributed by atoms with Gasteiger partial charge in [-0.2, -0.15) is 11.8 Å². The third kappa shape index (κ3) is 1.76. The Morgan fingerprint density at radius 2 is 2.25 bits per heavy atom. The van der Waals surface area contributed by atoms with Crippen molar-refractivity contribution in [3.8, 4) is 0 Å². The van der Waals surface area contributed by atoms with Crippen molar-refractivity contribution in [2.45, 2.75) is 6.04 Å². The van der Waals surface area contributed by atoms with Crippen LogP contribution in [0, 0.1) is 0 Å². The van der Waals surface area contributed by atoms with Crippen molar-refractivity contribution < 1.29 is 0 Å². The third-order valence-corrected chi connectivity index (χ3v) is 2.88. The summed E-state index contributed by atoms with van der Waals surface area (Å²) in [6.45, 7) is 1.06. The Bertz CT molecular complexity index is 233. The SMILES string of the molecule is c1cnc(C2CSCCN2)nc1. The summed E-state index contributed by atoms with van der Waals surface area (Å²) in [7, 11) is 0. The zero-order valence-electron chi connectivity index (χ0n) is 6.73. The molecule has 1 atom stereocenters. The molecule has 3 nitrogen and oxygen atoms in total. The zero-order chi connectivity index (χ0) is 8.23. The summed E-state index contributed by atoms with van der Waals surface area (Å²) < 4.78 is 0. The first-order valence-corrected chi connectivity index (χ1v) is 5.20. The van der Waals surface area contributed by atoms with Crippen LogP contribution in [0.4, 0.5) is 0 Å². The minimum absolute atomic E-state index is 0.352. The van der Waals surface area contributed by atoms with Crippen molar-refractivity contribution in [3.05, 3.63) is 24.3 Å². The minimum atomic E-state index is 0.352. The zero-order valence-corrected chi connectivity index (χ0v) is 7.55. The Balaban J connectivity index is 2.08. The first kappa shape index (κ1) is 8.01. The van der Waals surface area contributed by atoms with E-state index in [1.807, 2.05) is 17.8 Å². The number of hydrogen-bond donors (Lipinski definition) is 1. The highest BCUT2D eigenvalue weighted by Gasteiger charge is 2.16. The van der Waals surface area contributed by atoms with E-state index in [-0.39, 0.29) is 0 Å². The molecule has 0 saturated carbocycles. The quantitative estimate of drug-likeness (QED) is 0.697. The van der Waals surface area contributed by atoms with Crippen LogP contribution in [-0.4, -0.2) is 28.0 Å². The number of nitrogens with zero attached hydrogens (tertiary/aromatic N) is 2. The number of thioether (sulfide) groups is 1. The van der Waals surface area contributed by atoms with E-state index >= 15 is 0 Å². The predicted octanol–water partition coefficient (Wildman–Crippen LogP) is 0.854. The lowest BCUT2D eigenvalue weighted by Gasteiger charge is -2.21. The molecule has 1 aliphatic heterocycles. The standard InChI is InChI=1S/C8H11N3S/c1-2-10-8(11-3-1)7-6-12-5-4-9-7/h1-3,7,9H,4-6H2. The molecule has 0 spiro atoms. The lowest BCUT2D eigenvalue weighted by atomic mass is 10.3. The molecule has 0 aliphatic carbocycles. The molecule has 1 aliphatic rings. The molecule has 0 radical (unpaired) electrons. The number of rotatable bonds is 1. The summed E-state index contributed by atoms with van der Waals surface area (Å²) in [6.07, 6.45) is 3.59. The summed E-state index contributed by atoms with van der Waals surface area (Å²) in [5.74, 6) is 3.21. The van der Waals surface area contributed by atoms with E-state index in [9.17, 15) is 0 Å². The summed E-state index contributed by atoms with van der Waals surface area (Å²) in [6, 6.07) is 2.20. The first-order chi connectivity index (χ1) is 5.97. The van der Waals surface area contributed by atoms with E-state index < -0.39 is 0 Å². The Labute approximate surface area is 76.0 Å². The van der Waals surface area contributed by atoms with Gasteiger partial charge < -0.3 is 5.32 Å². The number of hydrogen-bond acceptors (Lipinski definition) is 4. The maximum absolute atomic E-state index is 4.22. The fourth-order valence-corrected chi connectivity index (χ4v) is 2.15. The molecule has 2 rings (SSSR count). The van der Waals surface area contributed by atoms with E-state index in [0.29, 0.717) is 6.04 Å². The van der Waals surface area contributed by atoms with Crippen molar-refractivity contribution in [1.82, 2.24) is 15.3 Å². The second kappa shape index (κ2) is 3.87. The van der Waals surface area contributed by atoms with Gasteiger partial charge in [-0.1, -0.05) is 0 Å². The molecule has 1 unspecified atom stereocenters. The summed E-state index contributed by atoms with van der Waals surface area (Å²) in [4.78, 5) is 8.43. The fraction of sp³-hybridized carbons (Fsp3) is 0.500. The van der Waals surface area contributed by atoms with Crippen LogP contribution in [0.1, 0.15) is 11.9 Å². The van der Waals surface area contributed by atoms with Crippen molar-refractivity contribution in [3.63, 3.8) is 0 Å². The molecule has 12 heavy (non-hydrogen) atoms. The molecule has 2 heterocycles. The molecular formula is C8H11N3S. The van der Waals surface area contributed by atoms with Crippen molar-refractivity contribution in [1.29, 1.82) is 0 Å². The van der Waals surface area contributed by atoms with Crippen LogP contribution in [0.25, 0.3) is 0 Å².